The van der Waals surface area contributed by atoms with Crippen LogP contribution in [0.25, 0.3) is 0 Å². The number of rotatable bonds is 4. The Morgan fingerprint density at radius 1 is 1.19 bits per heavy atom. The van der Waals surface area contributed by atoms with Crippen LogP contribution in [0.2, 0.25) is 0 Å². The summed E-state index contributed by atoms with van der Waals surface area (Å²) < 4.78 is 32.9. The van der Waals surface area contributed by atoms with E-state index in [0.717, 1.165) is 5.56 Å². The van der Waals surface area contributed by atoms with Crippen molar-refractivity contribution in [2.24, 2.45) is 0 Å². The number of ether oxygens (including phenoxy) is 1. The van der Waals surface area contributed by atoms with E-state index in [-0.39, 0.29) is 4.90 Å². The number of anilines is 2. The first kappa shape index (κ1) is 15.7. The van der Waals surface area contributed by atoms with Gasteiger partial charge in [-0.1, -0.05) is 0 Å². The molecule has 0 aromatic heterocycles. The van der Waals surface area contributed by atoms with E-state index in [4.69, 9.17) is 10.5 Å². The number of nitrogens with one attached hydrogen (secondary N) is 1. The summed E-state index contributed by atoms with van der Waals surface area (Å²) in [6, 6.07) is 9.59. The molecule has 0 bridgehead atoms. The second kappa shape index (κ2) is 5.95. The average Bonchev–Trinajstić information content (AvgIpc) is 2.43. The van der Waals surface area contributed by atoms with Crippen molar-refractivity contribution in [3.8, 4) is 5.75 Å². The number of hydrogen-bond donors (Lipinski definition) is 2. The van der Waals surface area contributed by atoms with Crippen molar-refractivity contribution in [3.63, 3.8) is 0 Å². The van der Waals surface area contributed by atoms with Gasteiger partial charge in [0, 0.05) is 10.2 Å². The van der Waals surface area contributed by atoms with Crippen molar-refractivity contribution < 1.29 is 13.2 Å². The molecule has 2 aromatic carbocycles. The first-order chi connectivity index (χ1) is 9.83. The van der Waals surface area contributed by atoms with Gasteiger partial charge in [-0.3, -0.25) is 4.72 Å². The molecule has 112 valence electrons. The van der Waals surface area contributed by atoms with Crippen LogP contribution in [0.1, 0.15) is 5.56 Å². The molecule has 0 aliphatic heterocycles. The maximum Gasteiger partial charge on any atom is 0.261 e. The number of nitrogens with two attached hydrogens (primary N) is 1. The lowest BCUT2D eigenvalue weighted by Crippen LogP contribution is -2.14. The third-order valence-electron chi connectivity index (χ3n) is 2.96. The van der Waals surface area contributed by atoms with Gasteiger partial charge in [-0.05, 0) is 64.8 Å². The third kappa shape index (κ3) is 3.48. The summed E-state index contributed by atoms with van der Waals surface area (Å²) in [5.74, 6) is 0.672. The molecule has 0 aliphatic carbocycles. The van der Waals surface area contributed by atoms with E-state index in [0.29, 0.717) is 21.6 Å². The Labute approximate surface area is 132 Å². The van der Waals surface area contributed by atoms with Gasteiger partial charge in [-0.15, -0.1) is 0 Å². The molecule has 0 amide bonds. The summed E-state index contributed by atoms with van der Waals surface area (Å²) in [6.45, 7) is 1.80. The molecule has 0 spiro atoms. The Kier molecular flexibility index (Phi) is 4.43. The van der Waals surface area contributed by atoms with Crippen molar-refractivity contribution in [1.82, 2.24) is 0 Å². The highest BCUT2D eigenvalue weighted by Crippen LogP contribution is 2.27. The molecule has 7 heteroatoms. The van der Waals surface area contributed by atoms with Gasteiger partial charge in [0.2, 0.25) is 0 Å². The molecule has 2 aromatic rings. The lowest BCUT2D eigenvalue weighted by Gasteiger charge is -2.12. The van der Waals surface area contributed by atoms with Crippen LogP contribution >= 0.6 is 15.9 Å². The molecule has 2 rings (SSSR count). The van der Waals surface area contributed by atoms with Crippen molar-refractivity contribution in [2.45, 2.75) is 11.8 Å². The zero-order valence-electron chi connectivity index (χ0n) is 11.6. The Hall–Kier alpha value is -1.73. The fourth-order valence-electron chi connectivity index (χ4n) is 1.76. The normalized spacial score (nSPS) is 11.2. The van der Waals surface area contributed by atoms with Gasteiger partial charge in [0.15, 0.2) is 0 Å². The van der Waals surface area contributed by atoms with Crippen LogP contribution in [-0.2, 0) is 10.0 Å². The maximum absolute atomic E-state index is 12.4. The largest absolute Gasteiger partial charge is 0.497 e. The summed E-state index contributed by atoms with van der Waals surface area (Å²) in [5.41, 5.74) is 7.42. The smallest absolute Gasteiger partial charge is 0.261 e. The van der Waals surface area contributed by atoms with Gasteiger partial charge in [0.05, 0.1) is 17.7 Å². The molecule has 3 N–H and O–H groups in total. The van der Waals surface area contributed by atoms with Crippen molar-refractivity contribution in [1.29, 1.82) is 0 Å². The van der Waals surface area contributed by atoms with Crippen LogP contribution in [-0.4, -0.2) is 15.5 Å². The summed E-state index contributed by atoms with van der Waals surface area (Å²) >= 11 is 3.22. The molecule has 5 nitrogen and oxygen atoms in total. The molecule has 0 radical (unpaired) electrons. The zero-order valence-corrected chi connectivity index (χ0v) is 14.0. The molecular formula is C14H15BrN2O3S. The topological polar surface area (TPSA) is 81.4 Å². The first-order valence-electron chi connectivity index (χ1n) is 6.06. The number of benzene rings is 2. The van der Waals surface area contributed by atoms with Crippen molar-refractivity contribution in [3.05, 3.63) is 46.4 Å². The number of hydrogen-bond acceptors (Lipinski definition) is 4. The summed E-state index contributed by atoms with van der Waals surface area (Å²) in [6.07, 6.45) is 0. The van der Waals surface area contributed by atoms with Gasteiger partial charge in [0.25, 0.3) is 10.0 Å². The van der Waals surface area contributed by atoms with E-state index in [1.54, 1.807) is 38.3 Å². The molecular weight excluding hydrogens is 356 g/mol. The van der Waals surface area contributed by atoms with E-state index in [1.165, 1.54) is 12.1 Å². The summed E-state index contributed by atoms with van der Waals surface area (Å²) in [4.78, 5) is 0.138. The number of sulfonamides is 1. The van der Waals surface area contributed by atoms with E-state index >= 15 is 0 Å². The third-order valence-corrected chi connectivity index (χ3v) is 5.01. The monoisotopic (exact) mass is 370 g/mol. The van der Waals surface area contributed by atoms with Gasteiger partial charge < -0.3 is 10.5 Å². The van der Waals surface area contributed by atoms with Gasteiger partial charge >= 0.3 is 0 Å². The lowest BCUT2D eigenvalue weighted by molar-refractivity contribution is 0.414. The Morgan fingerprint density at radius 3 is 2.48 bits per heavy atom. The fourth-order valence-corrected chi connectivity index (χ4v) is 3.44. The Morgan fingerprint density at radius 2 is 1.90 bits per heavy atom. The van der Waals surface area contributed by atoms with Crippen LogP contribution in [0, 0.1) is 6.92 Å². The molecule has 0 heterocycles. The Balaban J connectivity index is 2.35. The highest BCUT2D eigenvalue weighted by Gasteiger charge is 2.16. The minimum atomic E-state index is -3.67. The van der Waals surface area contributed by atoms with Crippen LogP contribution in [0.4, 0.5) is 11.4 Å². The highest BCUT2D eigenvalue weighted by atomic mass is 79.9. The van der Waals surface area contributed by atoms with Crippen LogP contribution in [0.5, 0.6) is 5.75 Å². The molecule has 21 heavy (non-hydrogen) atoms. The highest BCUT2D eigenvalue weighted by molar-refractivity contribution is 9.10. The van der Waals surface area contributed by atoms with Gasteiger partial charge in [-0.2, -0.15) is 0 Å². The van der Waals surface area contributed by atoms with E-state index in [2.05, 4.69) is 20.7 Å². The number of aryl methyl sites for hydroxylation is 1. The SMILES string of the molecule is COc1ccc(NS(=O)(=O)c2ccc(N)c(Br)c2)c(C)c1. The number of halogens is 1. The maximum atomic E-state index is 12.4. The van der Waals surface area contributed by atoms with Gasteiger partial charge in [-0.25, -0.2) is 8.42 Å². The predicted octanol–water partition coefficient (Wildman–Crippen LogP) is 3.15. The fraction of sp³-hybridized carbons (Fsp3) is 0.143. The van der Waals surface area contributed by atoms with E-state index < -0.39 is 10.0 Å². The zero-order chi connectivity index (χ0) is 15.6. The summed E-state index contributed by atoms with van der Waals surface area (Å²) in [5, 5.41) is 0. The lowest BCUT2D eigenvalue weighted by atomic mass is 10.2. The van der Waals surface area contributed by atoms with Crippen molar-refractivity contribution >= 4 is 37.3 Å². The van der Waals surface area contributed by atoms with Crippen molar-refractivity contribution in [2.75, 3.05) is 17.6 Å². The predicted molar refractivity (Wildman–Crippen MR) is 87.1 cm³/mol. The number of methoxy groups -OCH3 is 1. The average molecular weight is 371 g/mol. The first-order valence-corrected chi connectivity index (χ1v) is 8.33. The molecule has 0 saturated carbocycles. The molecule has 0 atom stereocenters. The number of nitrogen functional groups attached to an aromatic ring is 1. The Bertz CT molecular complexity index is 776. The van der Waals surface area contributed by atoms with E-state index in [1.807, 2.05) is 0 Å². The van der Waals surface area contributed by atoms with Gasteiger partial charge in [0.1, 0.15) is 5.75 Å². The van der Waals surface area contributed by atoms with Crippen LogP contribution < -0.4 is 15.2 Å². The molecule has 0 unspecified atom stereocenters. The molecule has 0 aliphatic rings. The molecule has 0 saturated heterocycles. The van der Waals surface area contributed by atoms with Crippen LogP contribution in [0.3, 0.4) is 0 Å². The quantitative estimate of drug-likeness (QED) is 0.809. The van der Waals surface area contributed by atoms with E-state index in [9.17, 15) is 8.42 Å². The second-order valence-electron chi connectivity index (χ2n) is 4.47. The minimum Gasteiger partial charge on any atom is -0.497 e. The molecule has 0 fully saturated rings. The summed E-state index contributed by atoms with van der Waals surface area (Å²) in [7, 11) is -2.11. The van der Waals surface area contributed by atoms with Crippen LogP contribution in [0.15, 0.2) is 45.8 Å². The second-order valence-corrected chi connectivity index (χ2v) is 7.01. The standard InChI is InChI=1S/C14H15BrN2O3S/c1-9-7-10(20-2)3-6-14(9)17-21(18,19)11-4-5-13(16)12(15)8-11/h3-8,17H,16H2,1-2H3. The minimum absolute atomic E-state index is 0.138.